The van der Waals surface area contributed by atoms with E-state index < -0.39 is 0 Å². The maximum atomic E-state index is 12.3. The lowest BCUT2D eigenvalue weighted by Gasteiger charge is -2.27. The minimum atomic E-state index is -0.308. The molecule has 2 aromatic heterocycles. The molecule has 0 atom stereocenters. The third-order valence-electron chi connectivity index (χ3n) is 3.83. The number of nitrogens with zero attached hydrogens (tertiary/aromatic N) is 5. The van der Waals surface area contributed by atoms with Crippen molar-refractivity contribution in [3.05, 3.63) is 46.3 Å². The molecule has 9 nitrogen and oxygen atoms in total. The zero-order valence-corrected chi connectivity index (χ0v) is 14.0. The Morgan fingerprint density at radius 2 is 2.08 bits per heavy atom. The van der Waals surface area contributed by atoms with Crippen molar-refractivity contribution in [3.8, 4) is 0 Å². The molecule has 0 unspecified atom stereocenters. The third kappa shape index (κ3) is 4.38. The molecule has 0 spiro atoms. The number of morpholine rings is 1. The van der Waals surface area contributed by atoms with Crippen LogP contribution in [0.15, 0.2) is 29.3 Å². The molecule has 0 aliphatic carbocycles. The predicted molar refractivity (Wildman–Crippen MR) is 90.6 cm³/mol. The summed E-state index contributed by atoms with van der Waals surface area (Å²) in [5.41, 5.74) is 0.842. The van der Waals surface area contributed by atoms with Gasteiger partial charge in [-0.3, -0.25) is 9.59 Å². The average molecular weight is 344 g/mol. The minimum absolute atomic E-state index is 0.198. The second-order valence-corrected chi connectivity index (χ2v) is 5.65. The van der Waals surface area contributed by atoms with Gasteiger partial charge in [0.15, 0.2) is 0 Å². The SMILES string of the molecule is Cc1ccc(=O)n(CCNC(=O)c2cc(N3CCOCC3)ncn2)n1. The Morgan fingerprint density at radius 3 is 2.88 bits per heavy atom. The normalized spacial score (nSPS) is 14.4. The van der Waals surface area contributed by atoms with Crippen molar-refractivity contribution in [3.63, 3.8) is 0 Å². The molecule has 3 rings (SSSR count). The third-order valence-corrected chi connectivity index (χ3v) is 3.83. The summed E-state index contributed by atoms with van der Waals surface area (Å²) in [6, 6.07) is 4.78. The van der Waals surface area contributed by atoms with Gasteiger partial charge in [0.05, 0.1) is 25.5 Å². The fraction of sp³-hybridized carbons (Fsp3) is 0.438. The predicted octanol–water partition coefficient (Wildman–Crippen LogP) is -0.392. The quantitative estimate of drug-likeness (QED) is 0.788. The largest absolute Gasteiger partial charge is 0.378 e. The number of aryl methyl sites for hydroxylation is 1. The van der Waals surface area contributed by atoms with Crippen LogP contribution >= 0.6 is 0 Å². The van der Waals surface area contributed by atoms with Crippen LogP contribution in [0.4, 0.5) is 5.82 Å². The Balaban J connectivity index is 1.59. The number of ether oxygens (including phenoxy) is 1. The Labute approximate surface area is 144 Å². The van der Waals surface area contributed by atoms with E-state index in [-0.39, 0.29) is 18.0 Å². The van der Waals surface area contributed by atoms with E-state index in [0.717, 1.165) is 18.8 Å². The summed E-state index contributed by atoms with van der Waals surface area (Å²) in [5.74, 6) is 0.401. The highest BCUT2D eigenvalue weighted by Gasteiger charge is 2.15. The van der Waals surface area contributed by atoms with Gasteiger partial charge in [0.25, 0.3) is 11.5 Å². The van der Waals surface area contributed by atoms with Crippen molar-refractivity contribution >= 4 is 11.7 Å². The van der Waals surface area contributed by atoms with Crippen molar-refractivity contribution in [1.29, 1.82) is 0 Å². The van der Waals surface area contributed by atoms with Gasteiger partial charge >= 0.3 is 0 Å². The summed E-state index contributed by atoms with van der Waals surface area (Å²) < 4.78 is 6.64. The standard InChI is InChI=1S/C16H20N6O3/c1-12-2-3-15(23)22(20-12)5-4-17-16(24)13-10-14(19-11-18-13)21-6-8-25-9-7-21/h2-3,10-11H,4-9H2,1H3,(H,17,24). The van der Waals surface area contributed by atoms with Crippen LogP contribution in [-0.2, 0) is 11.3 Å². The zero-order valence-electron chi connectivity index (χ0n) is 14.0. The zero-order chi connectivity index (χ0) is 17.6. The Kier molecular flexibility index (Phi) is 5.34. The smallest absolute Gasteiger partial charge is 0.270 e. The Morgan fingerprint density at radius 1 is 1.28 bits per heavy atom. The van der Waals surface area contributed by atoms with Crippen molar-refractivity contribution < 1.29 is 9.53 Å². The molecule has 0 radical (unpaired) electrons. The van der Waals surface area contributed by atoms with Crippen molar-refractivity contribution in [2.75, 3.05) is 37.7 Å². The van der Waals surface area contributed by atoms with Gasteiger partial charge < -0.3 is 15.0 Å². The first-order valence-corrected chi connectivity index (χ1v) is 8.11. The molecule has 1 amide bonds. The number of amides is 1. The summed E-state index contributed by atoms with van der Waals surface area (Å²) in [7, 11) is 0. The second kappa shape index (κ2) is 7.84. The molecular weight excluding hydrogens is 324 g/mol. The number of rotatable bonds is 5. The number of carbonyl (C=O) groups excluding carboxylic acids is 1. The molecule has 0 bridgehead atoms. The number of aromatic nitrogens is 4. The van der Waals surface area contributed by atoms with Gasteiger partial charge in [0, 0.05) is 31.8 Å². The van der Waals surface area contributed by atoms with Crippen molar-refractivity contribution in [1.82, 2.24) is 25.1 Å². The maximum Gasteiger partial charge on any atom is 0.270 e. The molecule has 1 saturated heterocycles. The highest BCUT2D eigenvalue weighted by atomic mass is 16.5. The summed E-state index contributed by atoms with van der Waals surface area (Å²) in [5, 5.41) is 6.88. The molecule has 1 aliphatic heterocycles. The summed E-state index contributed by atoms with van der Waals surface area (Å²) in [6.45, 7) is 5.15. The van der Waals surface area contributed by atoms with Gasteiger partial charge in [-0.1, -0.05) is 0 Å². The number of hydrogen-bond acceptors (Lipinski definition) is 7. The molecule has 9 heteroatoms. The molecule has 1 fully saturated rings. The first kappa shape index (κ1) is 17.0. The fourth-order valence-corrected chi connectivity index (χ4v) is 2.51. The van der Waals surface area contributed by atoms with E-state index in [1.165, 1.54) is 17.1 Å². The van der Waals surface area contributed by atoms with E-state index >= 15 is 0 Å². The first-order valence-electron chi connectivity index (χ1n) is 8.11. The minimum Gasteiger partial charge on any atom is -0.378 e. The molecule has 2 aromatic rings. The Hall–Kier alpha value is -2.81. The molecule has 25 heavy (non-hydrogen) atoms. The monoisotopic (exact) mass is 344 g/mol. The van der Waals surface area contributed by atoms with Crippen LogP contribution in [0.5, 0.6) is 0 Å². The fourth-order valence-electron chi connectivity index (χ4n) is 2.51. The average Bonchev–Trinajstić information content (AvgIpc) is 2.65. The lowest BCUT2D eigenvalue weighted by atomic mass is 10.3. The maximum absolute atomic E-state index is 12.3. The van der Waals surface area contributed by atoms with Crippen LogP contribution in [0, 0.1) is 6.92 Å². The highest BCUT2D eigenvalue weighted by molar-refractivity contribution is 5.92. The van der Waals surface area contributed by atoms with Gasteiger partial charge in [-0.15, -0.1) is 0 Å². The summed E-state index contributed by atoms with van der Waals surface area (Å²) in [4.78, 5) is 34.3. The van der Waals surface area contributed by atoms with Gasteiger partial charge in [0.2, 0.25) is 0 Å². The number of anilines is 1. The van der Waals surface area contributed by atoms with Crippen LogP contribution in [0.25, 0.3) is 0 Å². The lowest BCUT2D eigenvalue weighted by molar-refractivity contribution is 0.0946. The van der Waals surface area contributed by atoms with Gasteiger partial charge in [-0.25, -0.2) is 14.6 Å². The van der Waals surface area contributed by atoms with Crippen molar-refractivity contribution in [2.45, 2.75) is 13.5 Å². The van der Waals surface area contributed by atoms with Crippen LogP contribution in [0.3, 0.4) is 0 Å². The van der Waals surface area contributed by atoms with E-state index in [1.54, 1.807) is 12.1 Å². The molecule has 1 N–H and O–H groups in total. The van der Waals surface area contributed by atoms with E-state index in [0.29, 0.717) is 31.3 Å². The summed E-state index contributed by atoms with van der Waals surface area (Å²) in [6.07, 6.45) is 1.38. The van der Waals surface area contributed by atoms with E-state index in [4.69, 9.17) is 4.74 Å². The second-order valence-electron chi connectivity index (χ2n) is 5.65. The van der Waals surface area contributed by atoms with Crippen LogP contribution in [-0.4, -0.2) is 58.5 Å². The molecular formula is C16H20N6O3. The van der Waals surface area contributed by atoms with Gasteiger partial charge in [-0.05, 0) is 13.0 Å². The number of carbonyl (C=O) groups is 1. The summed E-state index contributed by atoms with van der Waals surface area (Å²) >= 11 is 0. The van der Waals surface area contributed by atoms with Crippen molar-refractivity contribution in [2.24, 2.45) is 0 Å². The highest BCUT2D eigenvalue weighted by Crippen LogP contribution is 2.12. The Bertz CT molecular complexity index is 800. The molecule has 0 aromatic carbocycles. The number of nitrogens with one attached hydrogen (secondary N) is 1. The topological polar surface area (TPSA) is 102 Å². The molecule has 3 heterocycles. The first-order chi connectivity index (χ1) is 12.1. The van der Waals surface area contributed by atoms with Crippen LogP contribution < -0.4 is 15.8 Å². The molecule has 0 saturated carbocycles. The van der Waals surface area contributed by atoms with Gasteiger partial charge in [0.1, 0.15) is 17.8 Å². The van der Waals surface area contributed by atoms with E-state index in [9.17, 15) is 9.59 Å². The lowest BCUT2D eigenvalue weighted by Crippen LogP contribution is -2.37. The van der Waals surface area contributed by atoms with E-state index in [1.807, 2.05) is 6.92 Å². The number of hydrogen-bond donors (Lipinski definition) is 1. The molecule has 132 valence electrons. The van der Waals surface area contributed by atoms with Crippen LogP contribution in [0.2, 0.25) is 0 Å². The van der Waals surface area contributed by atoms with Crippen LogP contribution in [0.1, 0.15) is 16.2 Å². The van der Waals surface area contributed by atoms with E-state index in [2.05, 4.69) is 25.3 Å². The molecule has 1 aliphatic rings. The van der Waals surface area contributed by atoms with Gasteiger partial charge in [-0.2, -0.15) is 5.10 Å².